The molecular formula is C18H24N4O2. The monoisotopic (exact) mass is 328 g/mol. The molecule has 1 aliphatic rings. The molecule has 0 bridgehead atoms. The Kier molecular flexibility index (Phi) is 4.57. The van der Waals surface area contributed by atoms with E-state index >= 15 is 0 Å². The third-order valence-electron chi connectivity index (χ3n) is 4.98. The first-order chi connectivity index (χ1) is 11.5. The van der Waals surface area contributed by atoms with Crippen molar-refractivity contribution in [3.8, 4) is 5.69 Å². The second-order valence-corrected chi connectivity index (χ2v) is 6.54. The summed E-state index contributed by atoms with van der Waals surface area (Å²) in [5.74, 6) is 0.0775. The smallest absolute Gasteiger partial charge is 0.295 e. The van der Waals surface area contributed by atoms with E-state index < -0.39 is 0 Å². The molecule has 0 saturated heterocycles. The Labute approximate surface area is 141 Å². The summed E-state index contributed by atoms with van der Waals surface area (Å²) in [6.45, 7) is 1.83. The first-order valence-electron chi connectivity index (χ1n) is 8.38. The quantitative estimate of drug-likeness (QED) is 0.900. The summed E-state index contributed by atoms with van der Waals surface area (Å²) in [6.07, 6.45) is 3.41. The fourth-order valence-corrected chi connectivity index (χ4v) is 3.46. The SMILES string of the molecule is Cc1c(NC(=O)C[C@@H]2CCC[C@H]2N)c(=O)n(-c2ccccc2)n1C. The maximum absolute atomic E-state index is 12.8. The van der Waals surface area contributed by atoms with Gasteiger partial charge in [0.05, 0.1) is 11.4 Å². The zero-order valence-electron chi connectivity index (χ0n) is 14.2. The first kappa shape index (κ1) is 16.5. The van der Waals surface area contributed by atoms with E-state index in [1.165, 1.54) is 0 Å². The number of amides is 1. The average Bonchev–Trinajstić information content (AvgIpc) is 3.05. The topological polar surface area (TPSA) is 82.1 Å². The summed E-state index contributed by atoms with van der Waals surface area (Å²) in [5.41, 5.74) is 7.66. The van der Waals surface area contributed by atoms with Crippen LogP contribution in [0.15, 0.2) is 35.1 Å². The van der Waals surface area contributed by atoms with Gasteiger partial charge in [0.1, 0.15) is 5.69 Å². The lowest BCUT2D eigenvalue weighted by molar-refractivity contribution is -0.117. The zero-order chi connectivity index (χ0) is 17.3. The Balaban J connectivity index is 1.84. The summed E-state index contributed by atoms with van der Waals surface area (Å²) in [6, 6.07) is 9.48. The molecule has 128 valence electrons. The molecule has 1 saturated carbocycles. The van der Waals surface area contributed by atoms with E-state index in [0.717, 1.165) is 30.6 Å². The number of carbonyl (C=O) groups is 1. The number of nitrogens with zero attached hydrogens (tertiary/aromatic N) is 2. The van der Waals surface area contributed by atoms with E-state index in [0.29, 0.717) is 12.1 Å². The fourth-order valence-electron chi connectivity index (χ4n) is 3.46. The van der Waals surface area contributed by atoms with Gasteiger partial charge in [0.2, 0.25) is 5.91 Å². The number of anilines is 1. The number of aromatic nitrogens is 2. The van der Waals surface area contributed by atoms with Crippen molar-refractivity contribution in [1.82, 2.24) is 9.36 Å². The maximum atomic E-state index is 12.8. The molecule has 3 N–H and O–H groups in total. The van der Waals surface area contributed by atoms with Crippen LogP contribution in [0.3, 0.4) is 0 Å². The van der Waals surface area contributed by atoms with Crippen LogP contribution >= 0.6 is 0 Å². The van der Waals surface area contributed by atoms with Crippen molar-refractivity contribution in [3.63, 3.8) is 0 Å². The molecule has 3 rings (SSSR count). The molecule has 1 amide bonds. The van der Waals surface area contributed by atoms with E-state index in [2.05, 4.69) is 5.32 Å². The summed E-state index contributed by atoms with van der Waals surface area (Å²) < 4.78 is 3.32. The number of nitrogens with two attached hydrogens (primary N) is 1. The van der Waals surface area contributed by atoms with Crippen molar-refractivity contribution in [2.45, 2.75) is 38.6 Å². The molecule has 1 heterocycles. The third kappa shape index (κ3) is 3.01. The van der Waals surface area contributed by atoms with Gasteiger partial charge in [-0.25, -0.2) is 4.68 Å². The number of benzene rings is 1. The Morgan fingerprint density at radius 2 is 2.00 bits per heavy atom. The van der Waals surface area contributed by atoms with Crippen LogP contribution in [0.2, 0.25) is 0 Å². The summed E-state index contributed by atoms with van der Waals surface area (Å²) in [7, 11) is 1.81. The maximum Gasteiger partial charge on any atom is 0.295 e. The van der Waals surface area contributed by atoms with Crippen LogP contribution < -0.4 is 16.6 Å². The molecule has 1 fully saturated rings. The number of nitrogens with one attached hydrogen (secondary N) is 1. The van der Waals surface area contributed by atoms with Gasteiger partial charge in [-0.2, -0.15) is 0 Å². The molecule has 2 atom stereocenters. The molecule has 0 spiro atoms. The molecule has 0 unspecified atom stereocenters. The molecule has 1 aliphatic carbocycles. The minimum absolute atomic E-state index is 0.0913. The number of carbonyl (C=O) groups excluding carboxylic acids is 1. The second kappa shape index (κ2) is 6.65. The lowest BCUT2D eigenvalue weighted by Crippen LogP contribution is -2.29. The average molecular weight is 328 g/mol. The number of para-hydroxylation sites is 1. The Morgan fingerprint density at radius 1 is 1.29 bits per heavy atom. The van der Waals surface area contributed by atoms with Crippen molar-refractivity contribution in [1.29, 1.82) is 0 Å². The summed E-state index contributed by atoms with van der Waals surface area (Å²) >= 11 is 0. The Bertz CT molecular complexity index is 791. The van der Waals surface area contributed by atoms with Gasteiger partial charge in [-0.3, -0.25) is 14.3 Å². The lowest BCUT2D eigenvalue weighted by Gasteiger charge is -2.14. The van der Waals surface area contributed by atoms with Gasteiger partial charge in [-0.1, -0.05) is 24.6 Å². The van der Waals surface area contributed by atoms with E-state index in [4.69, 9.17) is 5.73 Å². The Hall–Kier alpha value is -2.34. The van der Waals surface area contributed by atoms with Crippen LogP contribution in [-0.4, -0.2) is 21.3 Å². The molecular weight excluding hydrogens is 304 g/mol. The fraction of sp³-hybridized carbons (Fsp3) is 0.444. The van der Waals surface area contributed by atoms with Crippen LogP contribution in [0.1, 0.15) is 31.4 Å². The molecule has 2 aromatic rings. The van der Waals surface area contributed by atoms with Crippen molar-refractivity contribution in [2.24, 2.45) is 18.7 Å². The van der Waals surface area contributed by atoms with E-state index in [1.807, 2.05) is 44.3 Å². The normalized spacial score (nSPS) is 20.3. The Morgan fingerprint density at radius 3 is 2.62 bits per heavy atom. The molecule has 6 nitrogen and oxygen atoms in total. The number of hydrogen-bond acceptors (Lipinski definition) is 3. The second-order valence-electron chi connectivity index (χ2n) is 6.54. The van der Waals surface area contributed by atoms with E-state index in [9.17, 15) is 9.59 Å². The molecule has 1 aromatic carbocycles. The van der Waals surface area contributed by atoms with Crippen molar-refractivity contribution in [3.05, 3.63) is 46.4 Å². The molecule has 1 aromatic heterocycles. The van der Waals surface area contributed by atoms with Gasteiger partial charge < -0.3 is 11.1 Å². The van der Waals surface area contributed by atoms with Gasteiger partial charge in [0, 0.05) is 19.5 Å². The highest BCUT2D eigenvalue weighted by atomic mass is 16.2. The zero-order valence-corrected chi connectivity index (χ0v) is 14.2. The molecule has 0 radical (unpaired) electrons. The van der Waals surface area contributed by atoms with Crippen LogP contribution in [0.5, 0.6) is 0 Å². The molecule has 0 aliphatic heterocycles. The highest BCUT2D eigenvalue weighted by Crippen LogP contribution is 2.27. The van der Waals surface area contributed by atoms with Gasteiger partial charge in [0.15, 0.2) is 0 Å². The van der Waals surface area contributed by atoms with Gasteiger partial charge >= 0.3 is 0 Å². The summed E-state index contributed by atoms with van der Waals surface area (Å²) in [5, 5.41) is 2.81. The van der Waals surface area contributed by atoms with Crippen LogP contribution in [0.4, 0.5) is 5.69 Å². The third-order valence-corrected chi connectivity index (χ3v) is 4.98. The van der Waals surface area contributed by atoms with Crippen LogP contribution in [0.25, 0.3) is 5.69 Å². The first-order valence-corrected chi connectivity index (χ1v) is 8.38. The number of hydrogen-bond donors (Lipinski definition) is 2. The van der Waals surface area contributed by atoms with E-state index in [-0.39, 0.29) is 23.4 Å². The predicted octanol–water partition coefficient (Wildman–Crippen LogP) is 1.94. The predicted molar refractivity (Wildman–Crippen MR) is 94.3 cm³/mol. The van der Waals surface area contributed by atoms with Gasteiger partial charge in [0.25, 0.3) is 5.56 Å². The lowest BCUT2D eigenvalue weighted by atomic mass is 10.00. The highest BCUT2D eigenvalue weighted by Gasteiger charge is 2.27. The number of rotatable bonds is 4. The molecule has 24 heavy (non-hydrogen) atoms. The van der Waals surface area contributed by atoms with Crippen LogP contribution in [0, 0.1) is 12.8 Å². The van der Waals surface area contributed by atoms with E-state index in [1.54, 1.807) is 9.36 Å². The van der Waals surface area contributed by atoms with Gasteiger partial charge in [-0.15, -0.1) is 0 Å². The van der Waals surface area contributed by atoms with Crippen molar-refractivity contribution in [2.75, 3.05) is 5.32 Å². The highest BCUT2D eigenvalue weighted by molar-refractivity contribution is 5.91. The van der Waals surface area contributed by atoms with Crippen molar-refractivity contribution >= 4 is 11.6 Å². The van der Waals surface area contributed by atoms with Crippen LogP contribution in [-0.2, 0) is 11.8 Å². The molecule has 6 heteroatoms. The van der Waals surface area contributed by atoms with Crippen molar-refractivity contribution < 1.29 is 4.79 Å². The minimum Gasteiger partial charge on any atom is -0.327 e. The van der Waals surface area contributed by atoms with Gasteiger partial charge in [-0.05, 0) is 37.8 Å². The summed E-state index contributed by atoms with van der Waals surface area (Å²) in [4.78, 5) is 25.1. The minimum atomic E-state index is -0.217. The standard InChI is InChI=1S/C18H24N4O2/c1-12-17(20-16(23)11-13-7-6-10-15(13)19)18(24)22(21(12)2)14-8-4-3-5-9-14/h3-5,8-9,13,15H,6-7,10-11,19H2,1-2H3,(H,20,23)/t13-,15+/m0/s1. The largest absolute Gasteiger partial charge is 0.327 e.